The number of carbonyl (C=O) groups is 1. The lowest BCUT2D eigenvalue weighted by Crippen LogP contribution is -2.36. The van der Waals surface area contributed by atoms with Gasteiger partial charge in [-0.15, -0.1) is 0 Å². The van der Waals surface area contributed by atoms with Crippen LogP contribution >= 0.6 is 0 Å². The molecule has 1 fully saturated rings. The number of unbranched alkanes of at least 4 members (excludes halogenated alkanes) is 1. The zero-order chi connectivity index (χ0) is 11.8. The maximum absolute atomic E-state index is 10.9. The Morgan fingerprint density at radius 1 is 1.50 bits per heavy atom. The second kappa shape index (κ2) is 7.63. The number of nitrogens with one attached hydrogen (secondary N) is 1. The third-order valence-electron chi connectivity index (χ3n) is 3.47. The third kappa shape index (κ3) is 4.94. The van der Waals surface area contributed by atoms with E-state index in [0.717, 1.165) is 25.3 Å². The van der Waals surface area contributed by atoms with Gasteiger partial charge in [-0.2, -0.15) is 0 Å². The van der Waals surface area contributed by atoms with Crippen molar-refractivity contribution >= 4 is 5.91 Å². The van der Waals surface area contributed by atoms with Crippen LogP contribution < -0.4 is 11.3 Å². The number of nitrogens with zero attached hydrogens (tertiary/aromatic N) is 1. The van der Waals surface area contributed by atoms with Gasteiger partial charge in [0.05, 0.1) is 0 Å². The van der Waals surface area contributed by atoms with Crippen molar-refractivity contribution in [3.63, 3.8) is 0 Å². The Morgan fingerprint density at radius 3 is 3.00 bits per heavy atom. The van der Waals surface area contributed by atoms with Crippen LogP contribution in [0.2, 0.25) is 0 Å². The lowest BCUT2D eigenvalue weighted by atomic mass is 9.95. The van der Waals surface area contributed by atoms with Crippen LogP contribution in [0, 0.1) is 5.92 Å². The van der Waals surface area contributed by atoms with E-state index in [0.29, 0.717) is 6.42 Å². The van der Waals surface area contributed by atoms with Gasteiger partial charge >= 0.3 is 0 Å². The Kier molecular flexibility index (Phi) is 6.42. The summed E-state index contributed by atoms with van der Waals surface area (Å²) in [5.41, 5.74) is 2.17. The minimum absolute atomic E-state index is 0.0509. The van der Waals surface area contributed by atoms with Crippen molar-refractivity contribution in [2.75, 3.05) is 19.6 Å². The van der Waals surface area contributed by atoms with Crippen LogP contribution in [-0.4, -0.2) is 30.4 Å². The summed E-state index contributed by atoms with van der Waals surface area (Å²) in [4.78, 5) is 13.5. The smallest absolute Gasteiger partial charge is 0.233 e. The van der Waals surface area contributed by atoms with Gasteiger partial charge in [-0.05, 0) is 44.7 Å². The van der Waals surface area contributed by atoms with Crippen LogP contribution in [-0.2, 0) is 4.79 Å². The summed E-state index contributed by atoms with van der Waals surface area (Å²) in [6.45, 7) is 5.90. The van der Waals surface area contributed by atoms with Crippen molar-refractivity contribution in [2.45, 2.75) is 45.4 Å². The molecule has 0 radical (unpaired) electrons. The van der Waals surface area contributed by atoms with E-state index in [1.807, 2.05) is 0 Å². The van der Waals surface area contributed by atoms with E-state index >= 15 is 0 Å². The molecule has 0 aromatic rings. The fourth-order valence-corrected chi connectivity index (χ4v) is 2.38. The molecule has 16 heavy (non-hydrogen) atoms. The number of carbonyl (C=O) groups excluding carboxylic acids is 1. The molecule has 1 amide bonds. The highest BCUT2D eigenvalue weighted by atomic mass is 16.2. The molecule has 4 nitrogen and oxygen atoms in total. The van der Waals surface area contributed by atoms with Crippen LogP contribution in [0.5, 0.6) is 0 Å². The molecule has 0 bridgehead atoms. The van der Waals surface area contributed by atoms with Crippen molar-refractivity contribution < 1.29 is 4.79 Å². The number of amides is 1. The highest BCUT2D eigenvalue weighted by Gasteiger charge is 2.17. The quantitative estimate of drug-likeness (QED) is 0.311. The average molecular weight is 227 g/mol. The van der Waals surface area contributed by atoms with Crippen molar-refractivity contribution in [1.82, 2.24) is 10.3 Å². The standard InChI is InChI=1S/C12H25N3O/c1-2-11-6-5-9-15(10-11)8-4-3-7-12(16)14-13/h11H,2-10,13H2,1H3,(H,14,16). The van der Waals surface area contributed by atoms with Gasteiger partial charge in [0.25, 0.3) is 0 Å². The van der Waals surface area contributed by atoms with E-state index in [9.17, 15) is 4.79 Å². The SMILES string of the molecule is CCC1CCCN(CCCCC(=O)NN)C1. The van der Waals surface area contributed by atoms with E-state index in [2.05, 4.69) is 17.2 Å². The molecular weight excluding hydrogens is 202 g/mol. The molecule has 0 spiro atoms. The summed E-state index contributed by atoms with van der Waals surface area (Å²) in [5, 5.41) is 0. The summed E-state index contributed by atoms with van der Waals surface area (Å²) in [6, 6.07) is 0. The average Bonchev–Trinajstić information content (AvgIpc) is 2.34. The Bertz CT molecular complexity index is 208. The Morgan fingerprint density at radius 2 is 2.31 bits per heavy atom. The molecule has 0 aliphatic carbocycles. The topological polar surface area (TPSA) is 58.4 Å². The number of rotatable bonds is 6. The van der Waals surface area contributed by atoms with Crippen LogP contribution in [0.15, 0.2) is 0 Å². The maximum atomic E-state index is 10.9. The van der Waals surface area contributed by atoms with E-state index in [-0.39, 0.29) is 5.91 Å². The summed E-state index contributed by atoms with van der Waals surface area (Å²) >= 11 is 0. The maximum Gasteiger partial charge on any atom is 0.233 e. The van der Waals surface area contributed by atoms with Crippen molar-refractivity contribution in [3.05, 3.63) is 0 Å². The first kappa shape index (κ1) is 13.5. The largest absolute Gasteiger partial charge is 0.303 e. The first-order chi connectivity index (χ1) is 7.76. The molecule has 1 aliphatic heterocycles. The normalized spacial score (nSPS) is 22.0. The molecule has 4 heteroatoms. The number of hydrazine groups is 1. The summed E-state index contributed by atoms with van der Waals surface area (Å²) < 4.78 is 0. The van der Waals surface area contributed by atoms with Gasteiger partial charge in [0, 0.05) is 13.0 Å². The van der Waals surface area contributed by atoms with Crippen LogP contribution in [0.3, 0.4) is 0 Å². The van der Waals surface area contributed by atoms with Gasteiger partial charge in [-0.3, -0.25) is 10.2 Å². The van der Waals surface area contributed by atoms with Crippen molar-refractivity contribution in [2.24, 2.45) is 11.8 Å². The minimum atomic E-state index is -0.0509. The Hall–Kier alpha value is -0.610. The van der Waals surface area contributed by atoms with E-state index < -0.39 is 0 Å². The molecular formula is C12H25N3O. The van der Waals surface area contributed by atoms with Crippen LogP contribution in [0.1, 0.15) is 45.4 Å². The zero-order valence-electron chi connectivity index (χ0n) is 10.4. The van der Waals surface area contributed by atoms with Gasteiger partial charge in [0.2, 0.25) is 5.91 Å². The molecule has 3 N–H and O–H groups in total. The molecule has 1 atom stereocenters. The Balaban J connectivity index is 2.06. The number of hydrogen-bond donors (Lipinski definition) is 2. The van der Waals surface area contributed by atoms with E-state index in [1.54, 1.807) is 0 Å². The van der Waals surface area contributed by atoms with Gasteiger partial charge in [0.1, 0.15) is 0 Å². The third-order valence-corrected chi connectivity index (χ3v) is 3.47. The number of likely N-dealkylation sites (tertiary alicyclic amines) is 1. The van der Waals surface area contributed by atoms with E-state index in [1.165, 1.54) is 32.4 Å². The molecule has 0 aromatic heterocycles. The number of hydrogen-bond acceptors (Lipinski definition) is 3. The summed E-state index contributed by atoms with van der Waals surface area (Å²) in [7, 11) is 0. The Labute approximate surface area is 98.5 Å². The zero-order valence-corrected chi connectivity index (χ0v) is 10.4. The molecule has 0 saturated carbocycles. The first-order valence-corrected chi connectivity index (χ1v) is 6.48. The van der Waals surface area contributed by atoms with Crippen molar-refractivity contribution in [1.29, 1.82) is 0 Å². The monoisotopic (exact) mass is 227 g/mol. The van der Waals surface area contributed by atoms with Gasteiger partial charge in [-0.25, -0.2) is 5.84 Å². The number of piperidine rings is 1. The van der Waals surface area contributed by atoms with Crippen LogP contribution in [0.25, 0.3) is 0 Å². The second-order valence-corrected chi connectivity index (χ2v) is 4.74. The predicted octanol–water partition coefficient (Wildman–Crippen LogP) is 1.27. The van der Waals surface area contributed by atoms with E-state index in [4.69, 9.17) is 5.84 Å². The van der Waals surface area contributed by atoms with Gasteiger partial charge in [-0.1, -0.05) is 13.3 Å². The second-order valence-electron chi connectivity index (χ2n) is 4.74. The fourth-order valence-electron chi connectivity index (χ4n) is 2.38. The van der Waals surface area contributed by atoms with Gasteiger partial charge in [0.15, 0.2) is 0 Å². The highest BCUT2D eigenvalue weighted by molar-refractivity contribution is 5.75. The summed E-state index contributed by atoms with van der Waals surface area (Å²) in [6.07, 6.45) is 6.62. The molecule has 1 heterocycles. The molecule has 0 aromatic carbocycles. The number of nitrogens with two attached hydrogens (primary N) is 1. The van der Waals surface area contributed by atoms with Crippen molar-refractivity contribution in [3.8, 4) is 0 Å². The highest BCUT2D eigenvalue weighted by Crippen LogP contribution is 2.19. The lowest BCUT2D eigenvalue weighted by Gasteiger charge is -2.32. The molecule has 1 unspecified atom stereocenters. The predicted molar refractivity (Wildman–Crippen MR) is 65.6 cm³/mol. The first-order valence-electron chi connectivity index (χ1n) is 6.48. The molecule has 1 rings (SSSR count). The fraction of sp³-hybridized carbons (Fsp3) is 0.917. The molecule has 1 saturated heterocycles. The van der Waals surface area contributed by atoms with Crippen LogP contribution in [0.4, 0.5) is 0 Å². The minimum Gasteiger partial charge on any atom is -0.303 e. The van der Waals surface area contributed by atoms with Gasteiger partial charge < -0.3 is 4.90 Å². The molecule has 1 aliphatic rings. The molecule has 94 valence electrons. The summed E-state index contributed by atoms with van der Waals surface area (Å²) in [5.74, 6) is 5.86. The lowest BCUT2D eigenvalue weighted by molar-refractivity contribution is -0.121.